The van der Waals surface area contributed by atoms with Gasteiger partial charge in [0.25, 0.3) is 5.91 Å². The van der Waals surface area contributed by atoms with Gasteiger partial charge in [0.05, 0.1) is 0 Å². The molecule has 3 nitrogen and oxygen atoms in total. The quantitative estimate of drug-likeness (QED) is 0.834. The molecule has 0 bridgehead atoms. The molecule has 7 heteroatoms. The molecule has 1 saturated carbocycles. The Hall–Kier alpha value is -1.63. The van der Waals surface area contributed by atoms with Crippen LogP contribution in [0.5, 0.6) is 0 Å². The maximum absolute atomic E-state index is 13.7. The zero-order valence-electron chi connectivity index (χ0n) is 9.72. The third-order valence-electron chi connectivity index (χ3n) is 3.17. The Morgan fingerprint density at radius 2 is 1.74 bits per heavy atom. The van der Waals surface area contributed by atoms with Crippen LogP contribution in [0.2, 0.25) is 0 Å². The molecule has 0 aromatic heterocycles. The zero-order valence-corrected chi connectivity index (χ0v) is 9.72. The van der Waals surface area contributed by atoms with Gasteiger partial charge in [-0.25, -0.2) is 8.78 Å². The van der Waals surface area contributed by atoms with Gasteiger partial charge >= 0.3 is 5.92 Å². The lowest BCUT2D eigenvalue weighted by molar-refractivity contribution is -0.212. The van der Waals surface area contributed by atoms with E-state index in [1.54, 1.807) is 5.32 Å². The first-order valence-electron chi connectivity index (χ1n) is 5.62. The van der Waals surface area contributed by atoms with E-state index in [9.17, 15) is 27.5 Å². The number of nitrogens with one attached hydrogen (secondary N) is 1. The Morgan fingerprint density at radius 3 is 2.16 bits per heavy atom. The third kappa shape index (κ3) is 2.42. The summed E-state index contributed by atoms with van der Waals surface area (Å²) in [6.45, 7) is 0. The van der Waals surface area contributed by atoms with E-state index in [2.05, 4.69) is 0 Å². The zero-order chi connectivity index (χ0) is 14.3. The maximum Gasteiger partial charge on any atom is 0.352 e. The van der Waals surface area contributed by atoms with Crippen molar-refractivity contribution in [1.29, 1.82) is 0 Å². The predicted molar refractivity (Wildman–Crippen MR) is 58.7 cm³/mol. The van der Waals surface area contributed by atoms with Crippen molar-refractivity contribution < 1.29 is 27.5 Å². The molecule has 0 radical (unpaired) electrons. The van der Waals surface area contributed by atoms with Crippen molar-refractivity contribution >= 4 is 11.6 Å². The van der Waals surface area contributed by atoms with E-state index in [1.807, 2.05) is 0 Å². The van der Waals surface area contributed by atoms with Crippen molar-refractivity contribution in [2.24, 2.45) is 0 Å². The Labute approximate surface area is 106 Å². The second-order valence-corrected chi connectivity index (χ2v) is 4.57. The van der Waals surface area contributed by atoms with Gasteiger partial charge in [-0.2, -0.15) is 8.78 Å². The molecular weight excluding hydrogens is 266 g/mol. The number of benzene rings is 1. The second-order valence-electron chi connectivity index (χ2n) is 4.57. The highest BCUT2D eigenvalue weighted by atomic mass is 19.3. The smallest absolute Gasteiger partial charge is 0.352 e. The van der Waals surface area contributed by atoms with Crippen LogP contribution in [-0.2, 0) is 4.79 Å². The fraction of sp³-hybridized carbons (Fsp3) is 0.417. The number of halogens is 4. The van der Waals surface area contributed by atoms with Crippen LogP contribution in [-0.4, -0.2) is 22.5 Å². The first-order valence-corrected chi connectivity index (χ1v) is 5.62. The normalized spacial score (nSPS) is 17.7. The van der Waals surface area contributed by atoms with Crippen LogP contribution in [0, 0.1) is 11.6 Å². The van der Waals surface area contributed by atoms with E-state index in [0.717, 1.165) is 0 Å². The molecule has 0 saturated heterocycles. The van der Waals surface area contributed by atoms with Crippen LogP contribution in [0.4, 0.5) is 23.2 Å². The van der Waals surface area contributed by atoms with Crippen LogP contribution >= 0.6 is 0 Å². The molecule has 0 aliphatic heterocycles. The number of aliphatic hydroxyl groups is 1. The molecule has 19 heavy (non-hydrogen) atoms. The molecule has 0 atom stereocenters. The van der Waals surface area contributed by atoms with E-state index < -0.39 is 34.8 Å². The minimum atomic E-state index is -4.01. The minimum Gasteiger partial charge on any atom is -0.383 e. The van der Waals surface area contributed by atoms with Gasteiger partial charge in [-0.15, -0.1) is 0 Å². The van der Waals surface area contributed by atoms with Crippen molar-refractivity contribution in [1.82, 2.24) is 0 Å². The molecule has 1 aliphatic rings. The Kier molecular flexibility index (Phi) is 3.25. The number of alkyl halides is 2. The van der Waals surface area contributed by atoms with E-state index >= 15 is 0 Å². The predicted octanol–water partition coefficient (Wildman–Crippen LogP) is 2.45. The van der Waals surface area contributed by atoms with Gasteiger partial charge in [0.1, 0.15) is 17.2 Å². The van der Waals surface area contributed by atoms with Gasteiger partial charge in [0.2, 0.25) is 0 Å². The summed E-state index contributed by atoms with van der Waals surface area (Å²) in [6.07, 6.45) is 0.0177. The number of hydrogen-bond acceptors (Lipinski definition) is 2. The Morgan fingerprint density at radius 1 is 1.21 bits per heavy atom. The van der Waals surface area contributed by atoms with Crippen molar-refractivity contribution in [3.63, 3.8) is 0 Å². The largest absolute Gasteiger partial charge is 0.383 e. The number of hydrogen-bond donors (Lipinski definition) is 2. The van der Waals surface area contributed by atoms with Gasteiger partial charge < -0.3 is 10.4 Å². The third-order valence-corrected chi connectivity index (χ3v) is 3.17. The van der Waals surface area contributed by atoms with Crippen LogP contribution in [0.3, 0.4) is 0 Å². The van der Waals surface area contributed by atoms with Gasteiger partial charge in [-0.05, 0) is 31.4 Å². The first-order chi connectivity index (χ1) is 8.74. The molecule has 0 heterocycles. The summed E-state index contributed by atoms with van der Waals surface area (Å²) in [5, 5.41) is 11.2. The van der Waals surface area contributed by atoms with E-state index in [-0.39, 0.29) is 12.8 Å². The Balaban J connectivity index is 2.16. The molecule has 1 aromatic rings. The molecule has 1 aromatic carbocycles. The SMILES string of the molecule is O=C(Nc1cc(F)cc(F)c1)C(F)(F)C1(O)CCC1. The highest BCUT2D eigenvalue weighted by molar-refractivity contribution is 5.97. The van der Waals surface area contributed by atoms with E-state index in [0.29, 0.717) is 24.6 Å². The molecular formula is C12H11F4NO2. The molecule has 1 fully saturated rings. The average molecular weight is 277 g/mol. The molecule has 1 amide bonds. The highest BCUT2D eigenvalue weighted by Gasteiger charge is 2.61. The van der Waals surface area contributed by atoms with E-state index in [4.69, 9.17) is 0 Å². The lowest BCUT2D eigenvalue weighted by Gasteiger charge is -2.41. The number of anilines is 1. The van der Waals surface area contributed by atoms with Crippen molar-refractivity contribution in [3.05, 3.63) is 29.8 Å². The molecule has 0 spiro atoms. The topological polar surface area (TPSA) is 49.3 Å². The number of carbonyl (C=O) groups excluding carboxylic acids is 1. The molecule has 2 N–H and O–H groups in total. The lowest BCUT2D eigenvalue weighted by Crippen LogP contribution is -2.59. The molecule has 1 aliphatic carbocycles. The van der Waals surface area contributed by atoms with Crippen LogP contribution < -0.4 is 5.32 Å². The Bertz CT molecular complexity index is 494. The van der Waals surface area contributed by atoms with Crippen molar-refractivity contribution in [2.45, 2.75) is 30.8 Å². The van der Waals surface area contributed by atoms with E-state index in [1.165, 1.54) is 0 Å². The standard InChI is InChI=1S/C12H11F4NO2/c13-7-4-8(14)6-9(5-7)17-10(18)12(15,16)11(19)2-1-3-11/h4-6,19H,1-3H2,(H,17,18). The summed E-state index contributed by atoms with van der Waals surface area (Å²) in [7, 11) is 0. The van der Waals surface area contributed by atoms with Crippen LogP contribution in [0.15, 0.2) is 18.2 Å². The lowest BCUT2D eigenvalue weighted by atomic mass is 9.75. The van der Waals surface area contributed by atoms with Gasteiger partial charge in [-0.3, -0.25) is 4.79 Å². The number of rotatable bonds is 3. The van der Waals surface area contributed by atoms with Crippen molar-refractivity contribution in [2.75, 3.05) is 5.32 Å². The number of carbonyl (C=O) groups is 1. The summed E-state index contributed by atoms with van der Waals surface area (Å²) in [5.74, 6) is -7.78. The monoisotopic (exact) mass is 277 g/mol. The number of amides is 1. The van der Waals surface area contributed by atoms with Crippen LogP contribution in [0.25, 0.3) is 0 Å². The fourth-order valence-electron chi connectivity index (χ4n) is 1.87. The molecule has 104 valence electrons. The maximum atomic E-state index is 13.7. The average Bonchev–Trinajstić information content (AvgIpc) is 2.23. The summed E-state index contributed by atoms with van der Waals surface area (Å²) >= 11 is 0. The van der Waals surface area contributed by atoms with Gasteiger partial charge in [0.15, 0.2) is 0 Å². The highest BCUT2D eigenvalue weighted by Crippen LogP contribution is 2.44. The first kappa shape index (κ1) is 13.8. The fourth-order valence-corrected chi connectivity index (χ4v) is 1.87. The second kappa shape index (κ2) is 4.48. The van der Waals surface area contributed by atoms with Crippen molar-refractivity contribution in [3.8, 4) is 0 Å². The van der Waals surface area contributed by atoms with Crippen LogP contribution in [0.1, 0.15) is 19.3 Å². The van der Waals surface area contributed by atoms with Gasteiger partial charge in [-0.1, -0.05) is 0 Å². The summed E-state index contributed by atoms with van der Waals surface area (Å²) in [4.78, 5) is 11.4. The van der Waals surface area contributed by atoms with Gasteiger partial charge in [0, 0.05) is 11.8 Å². The summed E-state index contributed by atoms with van der Waals surface area (Å²) < 4.78 is 53.1. The summed E-state index contributed by atoms with van der Waals surface area (Å²) in [6, 6.07) is 1.97. The summed E-state index contributed by atoms with van der Waals surface area (Å²) in [5.41, 5.74) is -2.80. The molecule has 0 unspecified atom stereocenters. The minimum absolute atomic E-state index is 0.190. The molecule has 2 rings (SSSR count).